The van der Waals surface area contributed by atoms with E-state index in [-0.39, 0.29) is 13.2 Å². The van der Waals surface area contributed by atoms with Gasteiger partial charge < -0.3 is 24.1 Å². The van der Waals surface area contributed by atoms with E-state index in [1.165, 1.54) is 20.8 Å². The van der Waals surface area contributed by atoms with Gasteiger partial charge in [0.2, 0.25) is 0 Å². The average Bonchev–Trinajstić information content (AvgIpc) is 2.31. The number of rotatable bonds is 4. The summed E-state index contributed by atoms with van der Waals surface area (Å²) in [7, 11) is 0. The predicted octanol–water partition coefficient (Wildman–Crippen LogP) is -0.827. The van der Waals surface area contributed by atoms with Crippen LogP contribution in [0.5, 0.6) is 0 Å². The monoisotopic (exact) mass is 290 g/mol. The average molecular weight is 290 g/mol. The molecular formula is C12H18O8. The summed E-state index contributed by atoms with van der Waals surface area (Å²) in [5, 5.41) is 9.80. The summed E-state index contributed by atoms with van der Waals surface area (Å²) >= 11 is 0. The van der Waals surface area contributed by atoms with E-state index in [1.54, 1.807) is 0 Å². The van der Waals surface area contributed by atoms with Gasteiger partial charge in [-0.05, 0) is 0 Å². The van der Waals surface area contributed by atoms with Crippen LogP contribution in [0.15, 0.2) is 0 Å². The summed E-state index contributed by atoms with van der Waals surface area (Å²) in [4.78, 5) is 33.0. The van der Waals surface area contributed by atoms with Crippen molar-refractivity contribution in [3.8, 4) is 0 Å². The molecule has 1 N–H and O–H groups in total. The first-order valence-corrected chi connectivity index (χ1v) is 6.08. The van der Waals surface area contributed by atoms with Gasteiger partial charge in [-0.2, -0.15) is 0 Å². The molecule has 0 amide bonds. The molecule has 0 saturated carbocycles. The van der Waals surface area contributed by atoms with Crippen LogP contribution in [0.25, 0.3) is 0 Å². The summed E-state index contributed by atoms with van der Waals surface area (Å²) in [5.41, 5.74) is 0. The Hall–Kier alpha value is -1.67. The van der Waals surface area contributed by atoms with Crippen LogP contribution in [-0.4, -0.2) is 60.6 Å². The minimum atomic E-state index is -1.13. The lowest BCUT2D eigenvalue weighted by molar-refractivity contribution is -0.225. The lowest BCUT2D eigenvalue weighted by Gasteiger charge is -2.38. The molecule has 0 aromatic heterocycles. The van der Waals surface area contributed by atoms with Crippen molar-refractivity contribution in [3.05, 3.63) is 0 Å². The first-order valence-electron chi connectivity index (χ1n) is 6.08. The van der Waals surface area contributed by atoms with Crippen LogP contribution in [0.2, 0.25) is 0 Å². The largest absolute Gasteiger partial charge is 0.463 e. The highest BCUT2D eigenvalue weighted by Gasteiger charge is 2.44. The zero-order chi connectivity index (χ0) is 15.3. The van der Waals surface area contributed by atoms with Gasteiger partial charge in [-0.3, -0.25) is 14.4 Å². The fourth-order valence-corrected chi connectivity index (χ4v) is 1.86. The Bertz CT molecular complexity index is 380. The van der Waals surface area contributed by atoms with Crippen LogP contribution < -0.4 is 0 Å². The van der Waals surface area contributed by atoms with Gasteiger partial charge in [-0.25, -0.2) is 0 Å². The number of aliphatic hydroxyl groups excluding tert-OH is 1. The number of ether oxygens (including phenoxy) is 4. The highest BCUT2D eigenvalue weighted by molar-refractivity contribution is 5.67. The van der Waals surface area contributed by atoms with E-state index in [1.807, 2.05) is 0 Å². The Morgan fingerprint density at radius 3 is 2.10 bits per heavy atom. The van der Waals surface area contributed by atoms with Gasteiger partial charge in [0.05, 0.1) is 6.61 Å². The maximum atomic E-state index is 11.1. The SMILES string of the molecule is CC(=O)OC[C@H]1OC[C@H](O)[C@@H](OC(C)=O)[C@H]1OC(C)=O. The van der Waals surface area contributed by atoms with Crippen molar-refractivity contribution in [1.82, 2.24) is 0 Å². The van der Waals surface area contributed by atoms with Gasteiger partial charge in [0.15, 0.2) is 12.2 Å². The molecule has 0 spiro atoms. The molecule has 0 aromatic carbocycles. The van der Waals surface area contributed by atoms with Crippen molar-refractivity contribution in [1.29, 1.82) is 0 Å². The normalized spacial score (nSPS) is 29.4. The molecule has 1 rings (SSSR count). The van der Waals surface area contributed by atoms with Crippen molar-refractivity contribution in [2.75, 3.05) is 13.2 Å². The molecule has 1 aliphatic heterocycles. The van der Waals surface area contributed by atoms with Gasteiger partial charge in [0.25, 0.3) is 0 Å². The van der Waals surface area contributed by atoms with E-state index in [9.17, 15) is 19.5 Å². The van der Waals surface area contributed by atoms with Gasteiger partial charge in [0.1, 0.15) is 18.8 Å². The van der Waals surface area contributed by atoms with E-state index in [2.05, 4.69) is 0 Å². The maximum Gasteiger partial charge on any atom is 0.303 e. The molecule has 0 bridgehead atoms. The molecule has 1 aliphatic rings. The van der Waals surface area contributed by atoms with E-state index < -0.39 is 42.3 Å². The third kappa shape index (κ3) is 4.78. The van der Waals surface area contributed by atoms with Crippen LogP contribution in [0.3, 0.4) is 0 Å². The first kappa shape index (κ1) is 16.4. The highest BCUT2D eigenvalue weighted by Crippen LogP contribution is 2.22. The maximum absolute atomic E-state index is 11.1. The molecule has 0 unspecified atom stereocenters. The summed E-state index contributed by atoms with van der Waals surface area (Å²) in [6.07, 6.45) is -4.04. The molecule has 1 saturated heterocycles. The smallest absolute Gasteiger partial charge is 0.303 e. The van der Waals surface area contributed by atoms with Gasteiger partial charge in [0, 0.05) is 20.8 Å². The Morgan fingerprint density at radius 1 is 1.05 bits per heavy atom. The molecule has 0 radical (unpaired) electrons. The van der Waals surface area contributed by atoms with E-state index in [0.717, 1.165) is 0 Å². The topological polar surface area (TPSA) is 108 Å². The Labute approximate surface area is 115 Å². The van der Waals surface area contributed by atoms with E-state index in [4.69, 9.17) is 18.9 Å². The van der Waals surface area contributed by atoms with Crippen LogP contribution in [-0.2, 0) is 33.3 Å². The molecule has 0 aromatic rings. The fraction of sp³-hybridized carbons (Fsp3) is 0.750. The Morgan fingerprint density at radius 2 is 1.60 bits per heavy atom. The molecule has 1 heterocycles. The minimum Gasteiger partial charge on any atom is -0.463 e. The van der Waals surface area contributed by atoms with Crippen molar-refractivity contribution < 1.29 is 38.4 Å². The molecule has 1 fully saturated rings. The summed E-state index contributed by atoms with van der Waals surface area (Å²) in [5.74, 6) is -1.78. The predicted molar refractivity (Wildman–Crippen MR) is 63.5 cm³/mol. The first-order chi connectivity index (χ1) is 9.31. The quantitative estimate of drug-likeness (QED) is 0.528. The number of carbonyl (C=O) groups excluding carboxylic acids is 3. The van der Waals surface area contributed by atoms with Gasteiger partial charge in [-0.15, -0.1) is 0 Å². The second kappa shape index (κ2) is 7.20. The summed E-state index contributed by atoms with van der Waals surface area (Å²) in [6, 6.07) is 0. The Kier molecular flexibility index (Phi) is 5.90. The zero-order valence-electron chi connectivity index (χ0n) is 11.5. The second-order valence-corrected chi connectivity index (χ2v) is 4.39. The standard InChI is InChI=1S/C12H18O8/c1-6(13)17-5-10-12(20-8(3)15)11(19-7(2)14)9(16)4-18-10/h9-12,16H,4-5H2,1-3H3/t9-,10+,11+,12-/m0/s1. The molecule has 114 valence electrons. The van der Waals surface area contributed by atoms with Crippen molar-refractivity contribution in [3.63, 3.8) is 0 Å². The molecule has 4 atom stereocenters. The minimum absolute atomic E-state index is 0.123. The van der Waals surface area contributed by atoms with E-state index >= 15 is 0 Å². The van der Waals surface area contributed by atoms with Gasteiger partial charge >= 0.3 is 17.9 Å². The Balaban J connectivity index is 2.83. The highest BCUT2D eigenvalue weighted by atomic mass is 16.6. The number of hydrogen-bond donors (Lipinski definition) is 1. The van der Waals surface area contributed by atoms with Crippen molar-refractivity contribution in [2.45, 2.75) is 45.2 Å². The number of carbonyl (C=O) groups is 3. The summed E-state index contributed by atoms with van der Waals surface area (Å²) in [6.45, 7) is 3.28. The molecule has 8 heteroatoms. The number of hydrogen-bond acceptors (Lipinski definition) is 8. The molecular weight excluding hydrogens is 272 g/mol. The van der Waals surface area contributed by atoms with Crippen LogP contribution >= 0.6 is 0 Å². The third-order valence-corrected chi connectivity index (χ3v) is 2.61. The van der Waals surface area contributed by atoms with Crippen LogP contribution in [0.4, 0.5) is 0 Å². The zero-order valence-corrected chi connectivity index (χ0v) is 11.5. The van der Waals surface area contributed by atoms with Crippen molar-refractivity contribution >= 4 is 17.9 Å². The lowest BCUT2D eigenvalue weighted by atomic mass is 10.00. The van der Waals surface area contributed by atoms with Crippen LogP contribution in [0, 0.1) is 0 Å². The van der Waals surface area contributed by atoms with E-state index in [0.29, 0.717) is 0 Å². The molecule has 0 aliphatic carbocycles. The second-order valence-electron chi connectivity index (χ2n) is 4.39. The number of aliphatic hydroxyl groups is 1. The number of esters is 3. The van der Waals surface area contributed by atoms with Crippen molar-refractivity contribution in [2.24, 2.45) is 0 Å². The fourth-order valence-electron chi connectivity index (χ4n) is 1.86. The van der Waals surface area contributed by atoms with Gasteiger partial charge in [-0.1, -0.05) is 0 Å². The third-order valence-electron chi connectivity index (χ3n) is 2.61. The molecule has 8 nitrogen and oxygen atoms in total. The summed E-state index contributed by atoms with van der Waals surface area (Å²) < 4.78 is 20.1. The van der Waals surface area contributed by atoms with Crippen LogP contribution in [0.1, 0.15) is 20.8 Å². The lowest BCUT2D eigenvalue weighted by Crippen LogP contribution is -2.57. The molecule has 20 heavy (non-hydrogen) atoms.